The van der Waals surface area contributed by atoms with Crippen molar-refractivity contribution < 1.29 is 15.4 Å². The average molecular weight is 560 g/mol. The molecule has 4 N–H and O–H groups in total. The molecule has 2 amide bonds. The first kappa shape index (κ1) is 28.6. The zero-order chi connectivity index (χ0) is 28.6. The summed E-state index contributed by atoms with van der Waals surface area (Å²) >= 11 is 1.27. The lowest BCUT2D eigenvalue weighted by Crippen LogP contribution is -2.33. The van der Waals surface area contributed by atoms with Crippen LogP contribution in [0.3, 0.4) is 0 Å². The van der Waals surface area contributed by atoms with E-state index in [1.807, 2.05) is 41.3 Å². The molecule has 4 aromatic rings. The fraction of sp³-hybridized carbons (Fsp3) is 0.226. The maximum atomic E-state index is 13.3. The van der Waals surface area contributed by atoms with Gasteiger partial charge in [-0.3, -0.25) is 9.59 Å². The number of nitrogens with two attached hydrogens (primary N) is 1. The zero-order valence-electron chi connectivity index (χ0n) is 22.4. The number of nitrogens with one attached hydrogen (secondary N) is 2. The summed E-state index contributed by atoms with van der Waals surface area (Å²) in [6.45, 7) is 3.87. The van der Waals surface area contributed by atoms with E-state index in [4.69, 9.17) is 11.1 Å². The third kappa shape index (κ3) is 6.79. The molecule has 1 saturated heterocycles. The minimum absolute atomic E-state index is 0. The maximum Gasteiger partial charge on any atom is 0.260 e. The highest BCUT2D eigenvalue weighted by molar-refractivity contribution is 7.11. The van der Waals surface area contributed by atoms with E-state index in [2.05, 4.69) is 29.4 Å². The second kappa shape index (κ2) is 13.1. The second-order valence-corrected chi connectivity index (χ2v) is 10.4. The average Bonchev–Trinajstić information content (AvgIpc) is 3.53. The molecular formula is C31H34FN5O2S. The Kier molecular flexibility index (Phi) is 9.39. The van der Waals surface area contributed by atoms with E-state index in [-0.39, 0.29) is 25.1 Å². The molecule has 1 aliphatic heterocycles. The summed E-state index contributed by atoms with van der Waals surface area (Å²) in [6.07, 6.45) is 3.73. The first-order chi connectivity index (χ1) is 19.3. The van der Waals surface area contributed by atoms with Crippen molar-refractivity contribution in [2.24, 2.45) is 11.7 Å². The highest BCUT2D eigenvalue weighted by atomic mass is 32.1. The number of aryl methyl sites for hydroxylation is 1. The minimum atomic E-state index is -0.394. The Balaban J connectivity index is 0.000000396. The quantitative estimate of drug-likeness (QED) is 0.208. The number of rotatable bonds is 8. The second-order valence-electron chi connectivity index (χ2n) is 9.57. The van der Waals surface area contributed by atoms with Crippen molar-refractivity contribution in [2.75, 3.05) is 10.2 Å². The van der Waals surface area contributed by atoms with E-state index in [1.165, 1.54) is 35.2 Å². The molecule has 5 rings (SSSR count). The van der Waals surface area contributed by atoms with Crippen LogP contribution in [-0.4, -0.2) is 29.1 Å². The summed E-state index contributed by atoms with van der Waals surface area (Å²) in [5.41, 5.74) is 11.5. The van der Waals surface area contributed by atoms with Crippen molar-refractivity contribution in [3.8, 4) is 0 Å². The van der Waals surface area contributed by atoms with Crippen LogP contribution >= 0.6 is 11.3 Å². The van der Waals surface area contributed by atoms with Gasteiger partial charge >= 0.3 is 0 Å². The van der Waals surface area contributed by atoms with E-state index in [1.54, 1.807) is 24.6 Å². The third-order valence-electron chi connectivity index (χ3n) is 6.87. The minimum Gasteiger partial charge on any atom is -0.365 e. The Morgan fingerprint density at radius 3 is 2.50 bits per heavy atom. The van der Waals surface area contributed by atoms with Gasteiger partial charge in [-0.25, -0.2) is 9.37 Å². The van der Waals surface area contributed by atoms with Crippen LogP contribution in [0.25, 0.3) is 0 Å². The molecule has 0 aliphatic carbocycles. The molecular weight excluding hydrogens is 525 g/mol. The summed E-state index contributed by atoms with van der Waals surface area (Å²) in [6, 6.07) is 22.1. The van der Waals surface area contributed by atoms with E-state index < -0.39 is 5.91 Å². The smallest absolute Gasteiger partial charge is 0.260 e. The van der Waals surface area contributed by atoms with Crippen LogP contribution < -0.4 is 16.0 Å². The summed E-state index contributed by atoms with van der Waals surface area (Å²) in [4.78, 5) is 30.1. The number of hydrogen-bond acceptors (Lipinski definition) is 6. The SMILES string of the molecule is CC[C@@H]1CC(Cc2ccccc2)C(=O)N1c1ccc(Nc2ccc(F)cc2)c(C=N)c1.Cc1ncsc1C(N)=O.[HH]. The fourth-order valence-electron chi connectivity index (χ4n) is 4.83. The van der Waals surface area contributed by atoms with Gasteiger partial charge in [0.2, 0.25) is 5.91 Å². The number of thiazole rings is 1. The third-order valence-corrected chi connectivity index (χ3v) is 7.81. The predicted molar refractivity (Wildman–Crippen MR) is 161 cm³/mol. The van der Waals surface area contributed by atoms with Gasteiger partial charge in [0.05, 0.1) is 11.2 Å². The highest BCUT2D eigenvalue weighted by Gasteiger charge is 2.39. The summed E-state index contributed by atoms with van der Waals surface area (Å²) < 4.78 is 13.2. The maximum absolute atomic E-state index is 13.3. The van der Waals surface area contributed by atoms with E-state index >= 15 is 0 Å². The van der Waals surface area contributed by atoms with Crippen LogP contribution in [-0.2, 0) is 11.2 Å². The van der Waals surface area contributed by atoms with Crippen LogP contribution in [0.2, 0.25) is 0 Å². The van der Waals surface area contributed by atoms with Crippen molar-refractivity contribution in [3.05, 3.63) is 106 Å². The van der Waals surface area contributed by atoms with Crippen LogP contribution in [0.5, 0.6) is 0 Å². The first-order valence-corrected chi connectivity index (χ1v) is 13.9. The molecule has 1 aliphatic rings. The van der Waals surface area contributed by atoms with Crippen LogP contribution in [0, 0.1) is 24.1 Å². The Morgan fingerprint density at radius 1 is 1.20 bits per heavy atom. The largest absolute Gasteiger partial charge is 0.365 e. The normalized spacial score (nSPS) is 16.3. The van der Waals surface area contributed by atoms with Crippen molar-refractivity contribution in [1.29, 1.82) is 5.41 Å². The van der Waals surface area contributed by atoms with Crippen LogP contribution in [0.4, 0.5) is 21.5 Å². The summed E-state index contributed by atoms with van der Waals surface area (Å²) in [7, 11) is 0. The molecule has 7 nitrogen and oxygen atoms in total. The van der Waals surface area contributed by atoms with E-state index in [9.17, 15) is 14.0 Å². The van der Waals surface area contributed by atoms with Crippen molar-refractivity contribution >= 4 is 46.4 Å². The van der Waals surface area contributed by atoms with Gasteiger partial charge in [0.25, 0.3) is 5.91 Å². The van der Waals surface area contributed by atoms with Gasteiger partial charge in [0.15, 0.2) is 0 Å². The topological polar surface area (TPSA) is 112 Å². The molecule has 3 aromatic carbocycles. The van der Waals surface area contributed by atoms with Crippen molar-refractivity contribution in [3.63, 3.8) is 0 Å². The number of primary amides is 1. The van der Waals surface area contributed by atoms with Crippen LogP contribution in [0.15, 0.2) is 78.3 Å². The van der Waals surface area contributed by atoms with Gasteiger partial charge in [0.1, 0.15) is 10.7 Å². The van der Waals surface area contributed by atoms with Gasteiger partial charge in [-0.15, -0.1) is 11.3 Å². The molecule has 0 spiro atoms. The summed E-state index contributed by atoms with van der Waals surface area (Å²) in [5, 5.41) is 11.1. The number of nitrogens with zero attached hydrogens (tertiary/aromatic N) is 2. The standard InChI is InChI=1S/C26H26FN3O.C5H6N2OS.H2/c1-2-23-15-19(14-18-6-4-3-5-7-18)26(31)30(23)24-12-13-25(20(16-24)17-28)29-22-10-8-21(27)9-11-22;1-3-4(5(6)8)9-2-7-3;/h3-13,16-17,19,23,28-29H,2,14-15H2,1H3;2H,1H3,(H2,6,8);1H/t19?,23-;;/m1../s1. The van der Waals surface area contributed by atoms with Gasteiger partial charge in [-0.2, -0.15) is 0 Å². The number of anilines is 3. The van der Waals surface area contributed by atoms with Gasteiger partial charge in [-0.1, -0.05) is 37.3 Å². The number of carbonyl (C=O) groups is 2. The number of aromatic nitrogens is 1. The molecule has 0 saturated carbocycles. The van der Waals surface area contributed by atoms with Crippen molar-refractivity contribution in [2.45, 2.75) is 39.2 Å². The molecule has 2 heterocycles. The molecule has 1 fully saturated rings. The molecule has 2 atom stereocenters. The number of carbonyl (C=O) groups excluding carboxylic acids is 2. The predicted octanol–water partition coefficient (Wildman–Crippen LogP) is 6.74. The lowest BCUT2D eigenvalue weighted by molar-refractivity contribution is -0.120. The van der Waals surface area contributed by atoms with Gasteiger partial charge in [0, 0.05) is 42.2 Å². The molecule has 0 radical (unpaired) electrons. The summed E-state index contributed by atoms with van der Waals surface area (Å²) in [5.74, 6) is -0.579. The van der Waals surface area contributed by atoms with Crippen LogP contribution in [0.1, 0.15) is 47.7 Å². The van der Waals surface area contributed by atoms with Gasteiger partial charge < -0.3 is 21.4 Å². The lowest BCUT2D eigenvalue weighted by Gasteiger charge is -2.25. The Hall–Kier alpha value is -4.37. The Labute approximate surface area is 238 Å². The highest BCUT2D eigenvalue weighted by Crippen LogP contribution is 2.35. The van der Waals surface area contributed by atoms with E-state index in [0.29, 0.717) is 16.1 Å². The number of hydrogen-bond donors (Lipinski definition) is 3. The molecule has 40 heavy (non-hydrogen) atoms. The van der Waals surface area contributed by atoms with Gasteiger partial charge in [-0.05, 0) is 74.2 Å². The Morgan fingerprint density at radius 2 is 1.93 bits per heavy atom. The molecule has 1 aromatic heterocycles. The molecule has 0 bridgehead atoms. The Bertz CT molecular complexity index is 1480. The van der Waals surface area contributed by atoms with E-state index in [0.717, 1.165) is 36.3 Å². The van der Waals surface area contributed by atoms with Crippen molar-refractivity contribution in [1.82, 2.24) is 4.98 Å². The monoisotopic (exact) mass is 559 g/mol. The number of benzene rings is 3. The molecule has 208 valence electrons. The number of halogens is 1. The zero-order valence-corrected chi connectivity index (χ0v) is 23.2. The first-order valence-electron chi connectivity index (χ1n) is 13.0. The molecule has 9 heteroatoms. The molecule has 1 unspecified atom stereocenters. The number of amides is 2. The fourth-order valence-corrected chi connectivity index (χ4v) is 5.48. The lowest BCUT2D eigenvalue weighted by atomic mass is 9.96.